The third-order valence-electron chi connectivity index (χ3n) is 6.36. The second kappa shape index (κ2) is 12.9. The van der Waals surface area contributed by atoms with Crippen LogP contribution in [0.1, 0.15) is 35.3 Å². The topological polar surface area (TPSA) is 122 Å². The van der Waals surface area contributed by atoms with E-state index in [2.05, 4.69) is 5.32 Å². The van der Waals surface area contributed by atoms with Crippen molar-refractivity contribution >= 4 is 21.6 Å². The number of rotatable bonds is 12. The Morgan fingerprint density at radius 2 is 1.66 bits per heavy atom. The maximum absolute atomic E-state index is 13.6. The number of hydrogen-bond acceptors (Lipinski definition) is 6. The molecule has 204 valence electrons. The largest absolute Gasteiger partial charge is 0.497 e. The van der Waals surface area contributed by atoms with Gasteiger partial charge in [0.2, 0.25) is 10.0 Å². The molecule has 0 aliphatic heterocycles. The van der Waals surface area contributed by atoms with Crippen molar-refractivity contribution in [3.05, 3.63) is 89.5 Å². The molecule has 0 heterocycles. The Morgan fingerprint density at radius 1 is 1.00 bits per heavy atom. The first-order valence-corrected chi connectivity index (χ1v) is 14.0. The maximum Gasteiger partial charge on any atom is 0.251 e. The summed E-state index contributed by atoms with van der Waals surface area (Å²) in [7, 11) is -2.42. The summed E-state index contributed by atoms with van der Waals surface area (Å²) in [6.07, 6.45) is -0.875. The van der Waals surface area contributed by atoms with Gasteiger partial charge < -0.3 is 20.9 Å². The van der Waals surface area contributed by atoms with Gasteiger partial charge in [-0.15, -0.1) is 0 Å². The van der Waals surface area contributed by atoms with Crippen LogP contribution in [0.25, 0.3) is 0 Å². The first kappa shape index (κ1) is 29.2. The number of carbonyl (C=O) groups is 1. The first-order chi connectivity index (χ1) is 18.0. The fraction of sp³-hybridized carbons (Fsp3) is 0.345. The molecule has 3 aromatic carbocycles. The minimum atomic E-state index is -3.93. The Balaban J connectivity index is 1.91. The molecule has 4 N–H and O–H groups in total. The molecule has 3 rings (SSSR count). The van der Waals surface area contributed by atoms with Gasteiger partial charge >= 0.3 is 0 Å². The quantitative estimate of drug-likeness (QED) is 0.302. The third-order valence-corrected chi connectivity index (χ3v) is 8.20. The Morgan fingerprint density at radius 3 is 2.26 bits per heavy atom. The van der Waals surface area contributed by atoms with E-state index < -0.39 is 22.2 Å². The van der Waals surface area contributed by atoms with Gasteiger partial charge in [0.15, 0.2) is 0 Å². The van der Waals surface area contributed by atoms with Gasteiger partial charge in [-0.3, -0.25) is 4.79 Å². The molecule has 9 heteroatoms. The fourth-order valence-electron chi connectivity index (χ4n) is 4.21. The monoisotopic (exact) mass is 539 g/mol. The van der Waals surface area contributed by atoms with Gasteiger partial charge in [-0.05, 0) is 66.8 Å². The summed E-state index contributed by atoms with van der Waals surface area (Å²) in [4.78, 5) is 13.3. The second-order valence-corrected chi connectivity index (χ2v) is 11.7. The van der Waals surface area contributed by atoms with Crippen LogP contribution >= 0.6 is 0 Å². The Kier molecular flexibility index (Phi) is 9.90. The standard InChI is InChI=1S/C29H37N3O5S/c1-20(2)18-32(38(35,36)24-15-13-23(37-4)14-16-24)19-28(33)27(17-22-9-6-5-7-10-22)31-29(34)25-11-8-12-26(30)21(25)3/h5-16,20,27-28,33H,17-19,30H2,1-4H3,(H,31,34)/t27-,28?/m0/s1. The molecule has 0 bridgehead atoms. The number of nitrogens with two attached hydrogens (primary N) is 1. The maximum atomic E-state index is 13.6. The lowest BCUT2D eigenvalue weighted by Gasteiger charge is -2.31. The van der Waals surface area contributed by atoms with Gasteiger partial charge in [-0.2, -0.15) is 4.31 Å². The normalized spacial score (nSPS) is 13.3. The van der Waals surface area contributed by atoms with Crippen molar-refractivity contribution in [2.24, 2.45) is 5.92 Å². The van der Waals surface area contributed by atoms with Crippen molar-refractivity contribution in [1.29, 1.82) is 0 Å². The molecule has 0 aliphatic rings. The predicted octanol–water partition coefficient (Wildman–Crippen LogP) is 3.63. The number of carbonyl (C=O) groups excluding carboxylic acids is 1. The lowest BCUT2D eigenvalue weighted by Crippen LogP contribution is -2.51. The van der Waals surface area contributed by atoms with Crippen molar-refractivity contribution in [2.45, 2.75) is 44.2 Å². The molecule has 0 aliphatic carbocycles. The molecule has 0 spiro atoms. The van der Waals surface area contributed by atoms with Gasteiger partial charge in [0.1, 0.15) is 5.75 Å². The molecule has 0 saturated carbocycles. The number of benzene rings is 3. The number of hydrogen-bond donors (Lipinski definition) is 3. The Hall–Kier alpha value is -3.40. The van der Waals surface area contributed by atoms with Crippen molar-refractivity contribution in [3.8, 4) is 5.75 Å². The lowest BCUT2D eigenvalue weighted by atomic mass is 9.99. The van der Waals surface area contributed by atoms with Crippen molar-refractivity contribution in [3.63, 3.8) is 0 Å². The Bertz CT molecular complexity index is 1310. The van der Waals surface area contributed by atoms with E-state index in [0.29, 0.717) is 29.0 Å². The summed E-state index contributed by atoms with van der Waals surface area (Å²) in [5.74, 6) is 0.164. The van der Waals surface area contributed by atoms with Gasteiger partial charge in [-0.25, -0.2) is 8.42 Å². The summed E-state index contributed by atoms with van der Waals surface area (Å²) in [5, 5.41) is 14.3. The first-order valence-electron chi connectivity index (χ1n) is 12.5. The Labute approximate surface area is 225 Å². The third kappa shape index (κ3) is 7.34. The summed E-state index contributed by atoms with van der Waals surface area (Å²) in [5.41, 5.74) is 8.43. The lowest BCUT2D eigenvalue weighted by molar-refractivity contribution is 0.0775. The smallest absolute Gasteiger partial charge is 0.251 e. The predicted molar refractivity (Wildman–Crippen MR) is 150 cm³/mol. The summed E-state index contributed by atoms with van der Waals surface area (Å²) in [6, 6.07) is 19.9. The zero-order valence-corrected chi connectivity index (χ0v) is 23.1. The molecule has 0 fully saturated rings. The van der Waals surface area contributed by atoms with E-state index in [1.54, 1.807) is 37.3 Å². The van der Waals surface area contributed by atoms with E-state index in [9.17, 15) is 18.3 Å². The number of nitrogen functional groups attached to an aromatic ring is 1. The van der Waals surface area contributed by atoms with E-state index in [1.807, 2.05) is 44.2 Å². The van der Waals surface area contributed by atoms with Gasteiger partial charge in [0.25, 0.3) is 5.91 Å². The number of nitrogens with zero attached hydrogens (tertiary/aromatic N) is 1. The average molecular weight is 540 g/mol. The van der Waals surface area contributed by atoms with Crippen LogP contribution in [0.15, 0.2) is 77.7 Å². The molecule has 0 radical (unpaired) electrons. The number of amides is 1. The molecule has 38 heavy (non-hydrogen) atoms. The molecule has 0 aromatic heterocycles. The van der Waals surface area contributed by atoms with E-state index in [-0.39, 0.29) is 29.8 Å². The molecule has 2 atom stereocenters. The molecule has 8 nitrogen and oxygen atoms in total. The van der Waals surface area contributed by atoms with Crippen LogP contribution in [0.4, 0.5) is 5.69 Å². The van der Waals surface area contributed by atoms with E-state index in [1.165, 1.54) is 23.5 Å². The zero-order chi connectivity index (χ0) is 27.9. The van der Waals surface area contributed by atoms with Crippen molar-refractivity contribution in [1.82, 2.24) is 9.62 Å². The van der Waals surface area contributed by atoms with Gasteiger partial charge in [-0.1, -0.05) is 50.2 Å². The highest BCUT2D eigenvalue weighted by atomic mass is 32.2. The summed E-state index contributed by atoms with van der Waals surface area (Å²) < 4.78 is 33.6. The summed E-state index contributed by atoms with van der Waals surface area (Å²) in [6.45, 7) is 5.59. The minimum Gasteiger partial charge on any atom is -0.497 e. The van der Waals surface area contributed by atoms with E-state index in [4.69, 9.17) is 10.5 Å². The highest BCUT2D eigenvalue weighted by molar-refractivity contribution is 7.89. The molecule has 3 aromatic rings. The highest BCUT2D eigenvalue weighted by Gasteiger charge is 2.31. The van der Waals surface area contributed by atoms with Crippen LogP contribution in [-0.4, -0.2) is 56.1 Å². The number of nitrogens with one attached hydrogen (secondary N) is 1. The number of sulfonamides is 1. The average Bonchev–Trinajstić information content (AvgIpc) is 2.89. The van der Waals surface area contributed by atoms with Crippen LogP contribution in [-0.2, 0) is 16.4 Å². The van der Waals surface area contributed by atoms with Crippen LogP contribution in [0.2, 0.25) is 0 Å². The van der Waals surface area contributed by atoms with Crippen molar-refractivity contribution in [2.75, 3.05) is 25.9 Å². The molecular formula is C29H37N3O5S. The van der Waals surface area contributed by atoms with Crippen molar-refractivity contribution < 1.29 is 23.1 Å². The number of methoxy groups -OCH3 is 1. The second-order valence-electron chi connectivity index (χ2n) is 9.75. The molecular weight excluding hydrogens is 502 g/mol. The van der Waals surface area contributed by atoms with Gasteiger partial charge in [0.05, 0.1) is 24.2 Å². The van der Waals surface area contributed by atoms with Gasteiger partial charge in [0, 0.05) is 24.3 Å². The zero-order valence-electron chi connectivity index (χ0n) is 22.3. The molecule has 1 unspecified atom stereocenters. The van der Waals surface area contributed by atoms with Crippen LogP contribution in [0.5, 0.6) is 5.75 Å². The highest BCUT2D eigenvalue weighted by Crippen LogP contribution is 2.22. The van der Waals surface area contributed by atoms with E-state index in [0.717, 1.165) is 5.56 Å². The SMILES string of the molecule is COc1ccc(S(=O)(=O)N(CC(C)C)CC(O)[C@H](Cc2ccccc2)NC(=O)c2cccc(N)c2C)cc1. The van der Waals surface area contributed by atoms with E-state index >= 15 is 0 Å². The summed E-state index contributed by atoms with van der Waals surface area (Å²) >= 11 is 0. The minimum absolute atomic E-state index is 0.00679. The van der Waals surface area contributed by atoms with Crippen LogP contribution < -0.4 is 15.8 Å². The number of aliphatic hydroxyl groups excluding tert-OH is 1. The van der Waals surface area contributed by atoms with Crippen LogP contribution in [0, 0.1) is 12.8 Å². The number of ether oxygens (including phenoxy) is 1. The molecule has 0 saturated heterocycles. The molecule has 1 amide bonds. The fourth-order valence-corrected chi connectivity index (χ4v) is 5.83. The van der Waals surface area contributed by atoms with Crippen LogP contribution in [0.3, 0.4) is 0 Å². The number of anilines is 1. The number of aliphatic hydroxyl groups is 1.